The van der Waals surface area contributed by atoms with Gasteiger partial charge in [-0.05, 0) is 49.6 Å². The third kappa shape index (κ3) is 7.40. The van der Waals surface area contributed by atoms with Gasteiger partial charge in [-0.25, -0.2) is 4.79 Å². The van der Waals surface area contributed by atoms with E-state index in [0.717, 1.165) is 11.1 Å². The Hall–Kier alpha value is -2.57. The van der Waals surface area contributed by atoms with Gasteiger partial charge in [-0.2, -0.15) is 0 Å². The lowest BCUT2D eigenvalue weighted by molar-refractivity contribution is -0.150. The second kappa shape index (κ2) is 11.4. The summed E-state index contributed by atoms with van der Waals surface area (Å²) < 4.78 is 10.9. The number of hydrogen-bond donors (Lipinski definition) is 2. The summed E-state index contributed by atoms with van der Waals surface area (Å²) in [6.07, 6.45) is -0.643. The Morgan fingerprint density at radius 2 is 1.83 bits per heavy atom. The van der Waals surface area contributed by atoms with E-state index in [1.807, 2.05) is 24.3 Å². The number of ether oxygens (including phenoxy) is 2. The predicted octanol–water partition coefficient (Wildman–Crippen LogP) is 3.50. The first-order valence-electron chi connectivity index (χ1n) is 9.51. The number of benzene rings is 2. The Bertz CT molecular complexity index is 809. The monoisotopic (exact) mass is 419 g/mol. The van der Waals surface area contributed by atoms with Crippen LogP contribution in [-0.2, 0) is 27.2 Å². The maximum atomic E-state index is 12.2. The Balaban J connectivity index is 1.81. The van der Waals surface area contributed by atoms with Gasteiger partial charge in [0.05, 0.1) is 0 Å². The summed E-state index contributed by atoms with van der Waals surface area (Å²) in [7, 11) is 0. The third-order valence-electron chi connectivity index (χ3n) is 4.32. The molecule has 6 nitrogen and oxygen atoms in total. The van der Waals surface area contributed by atoms with Crippen molar-refractivity contribution in [2.75, 3.05) is 13.2 Å². The van der Waals surface area contributed by atoms with E-state index in [1.54, 1.807) is 38.1 Å². The molecule has 0 radical (unpaired) electrons. The summed E-state index contributed by atoms with van der Waals surface area (Å²) in [5, 5.41) is 12.7. The number of halogens is 1. The highest BCUT2D eigenvalue weighted by Gasteiger charge is 2.18. The minimum atomic E-state index is -0.991. The average molecular weight is 420 g/mol. The van der Waals surface area contributed by atoms with E-state index in [1.165, 1.54) is 0 Å². The van der Waals surface area contributed by atoms with Crippen LogP contribution in [0, 0.1) is 0 Å². The van der Waals surface area contributed by atoms with Crippen LogP contribution in [-0.4, -0.2) is 42.3 Å². The molecular weight excluding hydrogens is 394 g/mol. The fourth-order valence-electron chi connectivity index (χ4n) is 2.76. The summed E-state index contributed by atoms with van der Waals surface area (Å²) in [6, 6.07) is 14.5. The number of rotatable bonds is 11. The first-order chi connectivity index (χ1) is 13.9. The van der Waals surface area contributed by atoms with Gasteiger partial charge in [-0.3, -0.25) is 4.79 Å². The zero-order valence-corrected chi connectivity index (χ0v) is 17.3. The van der Waals surface area contributed by atoms with Crippen molar-refractivity contribution in [1.82, 2.24) is 5.32 Å². The topological polar surface area (TPSA) is 84.9 Å². The predicted molar refractivity (Wildman–Crippen MR) is 111 cm³/mol. The molecule has 2 N–H and O–H groups in total. The Morgan fingerprint density at radius 1 is 1.14 bits per heavy atom. The third-order valence-corrected chi connectivity index (χ3v) is 4.69. The highest BCUT2D eigenvalue weighted by Crippen LogP contribution is 2.17. The summed E-state index contributed by atoms with van der Waals surface area (Å²) in [5.41, 5.74) is 1.79. The van der Waals surface area contributed by atoms with Gasteiger partial charge in [0.1, 0.15) is 5.75 Å². The van der Waals surface area contributed by atoms with Gasteiger partial charge in [0.2, 0.25) is 0 Å². The fraction of sp³-hybridized carbons (Fsp3) is 0.364. The van der Waals surface area contributed by atoms with Crippen molar-refractivity contribution in [3.63, 3.8) is 0 Å². The average Bonchev–Trinajstić information content (AvgIpc) is 2.70. The lowest BCUT2D eigenvalue weighted by atomic mass is 10.1. The molecule has 0 bridgehead atoms. The van der Waals surface area contributed by atoms with Gasteiger partial charge in [-0.1, -0.05) is 41.9 Å². The van der Waals surface area contributed by atoms with Crippen LogP contribution >= 0.6 is 11.6 Å². The molecule has 0 spiro atoms. The molecule has 0 heterocycles. The van der Waals surface area contributed by atoms with Crippen molar-refractivity contribution in [2.24, 2.45) is 0 Å². The van der Waals surface area contributed by atoms with Crippen LogP contribution < -0.4 is 10.1 Å². The van der Waals surface area contributed by atoms with E-state index in [2.05, 4.69) is 5.32 Å². The van der Waals surface area contributed by atoms with Crippen LogP contribution in [0.5, 0.6) is 5.75 Å². The summed E-state index contributed by atoms with van der Waals surface area (Å²) in [5.74, 6) is -0.677. The molecule has 7 heteroatoms. The summed E-state index contributed by atoms with van der Waals surface area (Å²) >= 11 is 6.11. The Kier molecular flexibility index (Phi) is 8.96. The fourth-order valence-corrected chi connectivity index (χ4v) is 2.99. The lowest BCUT2D eigenvalue weighted by Crippen LogP contribution is -2.37. The van der Waals surface area contributed by atoms with Gasteiger partial charge < -0.3 is 19.9 Å². The molecule has 2 aromatic rings. The number of carboxylic acid groups (broad SMARTS) is 1. The molecule has 2 atom stereocenters. The van der Waals surface area contributed by atoms with Gasteiger partial charge in [0.25, 0.3) is 5.91 Å². The standard InChI is InChI=1S/C22H26ClNO5/c1-3-28-20(22(26)27)14-16-8-10-18(11-9-16)29-15(2)21(25)24-13-12-17-6-4-5-7-19(17)23/h4-11,15,20H,3,12-14H2,1-2H3,(H,24,25)(H,26,27)/t15-,20-/m0/s1. The summed E-state index contributed by atoms with van der Waals surface area (Å²) in [6.45, 7) is 4.23. The van der Waals surface area contributed by atoms with Gasteiger partial charge in [-0.15, -0.1) is 0 Å². The molecule has 0 fully saturated rings. The zero-order valence-electron chi connectivity index (χ0n) is 16.6. The van der Waals surface area contributed by atoms with Crippen molar-refractivity contribution < 1.29 is 24.2 Å². The number of nitrogens with one attached hydrogen (secondary N) is 1. The second-order valence-electron chi connectivity index (χ2n) is 6.52. The maximum Gasteiger partial charge on any atom is 0.333 e. The van der Waals surface area contributed by atoms with E-state index in [0.29, 0.717) is 30.3 Å². The maximum absolute atomic E-state index is 12.2. The number of hydrogen-bond acceptors (Lipinski definition) is 4. The molecule has 0 saturated heterocycles. The second-order valence-corrected chi connectivity index (χ2v) is 6.93. The van der Waals surface area contributed by atoms with E-state index in [9.17, 15) is 9.59 Å². The van der Waals surface area contributed by atoms with E-state index in [-0.39, 0.29) is 12.3 Å². The Morgan fingerprint density at radius 3 is 2.45 bits per heavy atom. The summed E-state index contributed by atoms with van der Waals surface area (Å²) in [4.78, 5) is 23.4. The number of carbonyl (C=O) groups excluding carboxylic acids is 1. The van der Waals surface area contributed by atoms with Crippen LogP contribution in [0.3, 0.4) is 0 Å². The molecule has 0 aliphatic heterocycles. The van der Waals surface area contributed by atoms with Crippen molar-refractivity contribution in [2.45, 2.75) is 38.9 Å². The molecule has 0 saturated carbocycles. The highest BCUT2D eigenvalue weighted by molar-refractivity contribution is 6.31. The quantitative estimate of drug-likeness (QED) is 0.582. The zero-order chi connectivity index (χ0) is 21.2. The van der Waals surface area contributed by atoms with Crippen molar-refractivity contribution >= 4 is 23.5 Å². The van der Waals surface area contributed by atoms with Crippen LogP contribution in [0.4, 0.5) is 0 Å². The molecular formula is C22H26ClNO5. The van der Waals surface area contributed by atoms with Gasteiger partial charge in [0, 0.05) is 24.6 Å². The molecule has 0 aromatic heterocycles. The molecule has 0 aliphatic rings. The largest absolute Gasteiger partial charge is 0.481 e. The number of amides is 1. The minimum Gasteiger partial charge on any atom is -0.481 e. The van der Waals surface area contributed by atoms with Gasteiger partial charge in [0.15, 0.2) is 12.2 Å². The number of carbonyl (C=O) groups is 2. The molecule has 2 rings (SSSR count). The SMILES string of the molecule is CCO[C@@H](Cc1ccc(O[C@@H](C)C(=O)NCCc2ccccc2Cl)cc1)C(=O)O. The first kappa shape index (κ1) is 22.7. The number of carboxylic acids is 1. The van der Waals surface area contributed by atoms with E-state index >= 15 is 0 Å². The van der Waals surface area contributed by atoms with E-state index < -0.39 is 18.2 Å². The normalized spacial score (nSPS) is 12.8. The molecule has 29 heavy (non-hydrogen) atoms. The first-order valence-corrected chi connectivity index (χ1v) is 9.89. The van der Waals surface area contributed by atoms with Crippen LogP contribution in [0.15, 0.2) is 48.5 Å². The van der Waals surface area contributed by atoms with Crippen LogP contribution in [0.1, 0.15) is 25.0 Å². The molecule has 2 aromatic carbocycles. The van der Waals surface area contributed by atoms with E-state index in [4.69, 9.17) is 26.2 Å². The molecule has 156 valence electrons. The van der Waals surface area contributed by atoms with Crippen molar-refractivity contribution in [3.8, 4) is 5.75 Å². The van der Waals surface area contributed by atoms with Crippen molar-refractivity contribution in [1.29, 1.82) is 0 Å². The minimum absolute atomic E-state index is 0.219. The highest BCUT2D eigenvalue weighted by atomic mass is 35.5. The smallest absolute Gasteiger partial charge is 0.333 e. The van der Waals surface area contributed by atoms with Crippen molar-refractivity contribution in [3.05, 3.63) is 64.7 Å². The molecule has 1 amide bonds. The van der Waals surface area contributed by atoms with Crippen LogP contribution in [0.2, 0.25) is 5.02 Å². The molecule has 0 unspecified atom stereocenters. The number of aliphatic carboxylic acids is 1. The Labute approximate surface area is 175 Å². The van der Waals surface area contributed by atoms with Crippen LogP contribution in [0.25, 0.3) is 0 Å². The molecule has 0 aliphatic carbocycles. The lowest BCUT2D eigenvalue weighted by Gasteiger charge is -2.16. The van der Waals surface area contributed by atoms with Gasteiger partial charge >= 0.3 is 5.97 Å².